The number of aromatic amines is 1. The van der Waals surface area contributed by atoms with Crippen LogP contribution >= 0.6 is 0 Å². The van der Waals surface area contributed by atoms with Crippen molar-refractivity contribution in [3.05, 3.63) is 89.9 Å². The molecule has 0 aliphatic carbocycles. The number of amides is 1. The van der Waals surface area contributed by atoms with Crippen molar-refractivity contribution < 1.29 is 9.18 Å². The summed E-state index contributed by atoms with van der Waals surface area (Å²) in [7, 11) is 0. The average Bonchev–Trinajstić information content (AvgIpc) is 3.44. The van der Waals surface area contributed by atoms with E-state index in [0.29, 0.717) is 24.4 Å². The minimum atomic E-state index is -0.325. The lowest BCUT2D eigenvalue weighted by atomic mass is 9.70. The highest BCUT2D eigenvalue weighted by Gasteiger charge is 2.41. The van der Waals surface area contributed by atoms with Crippen LogP contribution in [0.1, 0.15) is 34.6 Å². The van der Waals surface area contributed by atoms with Crippen molar-refractivity contribution in [2.75, 3.05) is 13.1 Å². The number of carbonyl (C=O) groups excluding carboxylic acids is 1. The van der Waals surface area contributed by atoms with E-state index in [1.165, 1.54) is 12.3 Å². The van der Waals surface area contributed by atoms with Gasteiger partial charge in [0.1, 0.15) is 17.2 Å². The number of pyridine rings is 1. The van der Waals surface area contributed by atoms with Crippen LogP contribution in [-0.2, 0) is 5.41 Å². The summed E-state index contributed by atoms with van der Waals surface area (Å²) >= 11 is 0. The maximum atomic E-state index is 13.7. The highest BCUT2D eigenvalue weighted by molar-refractivity contribution is 5.92. The van der Waals surface area contributed by atoms with Gasteiger partial charge in [-0.25, -0.2) is 9.37 Å². The van der Waals surface area contributed by atoms with Crippen molar-refractivity contribution in [1.82, 2.24) is 24.5 Å². The zero-order valence-corrected chi connectivity index (χ0v) is 15.8. The maximum absolute atomic E-state index is 13.7. The Labute approximate surface area is 167 Å². The first-order chi connectivity index (χ1) is 14.2. The number of H-pyrrole nitrogens is 1. The fourth-order valence-corrected chi connectivity index (χ4v) is 4.28. The lowest BCUT2D eigenvalue weighted by Crippen LogP contribution is -2.46. The molecule has 1 saturated heterocycles. The Morgan fingerprint density at radius 1 is 1.03 bits per heavy atom. The van der Waals surface area contributed by atoms with Gasteiger partial charge >= 0.3 is 0 Å². The van der Waals surface area contributed by atoms with Crippen molar-refractivity contribution in [2.45, 2.75) is 18.3 Å². The van der Waals surface area contributed by atoms with Crippen LogP contribution in [0.25, 0.3) is 5.65 Å². The SMILES string of the molecule is O=C(c1ccn[nH]1)N1CCC(c2ccccc2)(c2cn3cc(F)ccc3n2)CC1. The normalized spacial score (nSPS) is 16.2. The molecule has 0 spiro atoms. The third-order valence-corrected chi connectivity index (χ3v) is 5.87. The fourth-order valence-electron chi connectivity index (χ4n) is 4.28. The molecule has 7 heteroatoms. The Morgan fingerprint density at radius 3 is 2.55 bits per heavy atom. The van der Waals surface area contributed by atoms with Gasteiger partial charge in [-0.3, -0.25) is 9.89 Å². The summed E-state index contributed by atoms with van der Waals surface area (Å²) in [4.78, 5) is 19.4. The van der Waals surface area contributed by atoms with Crippen LogP contribution in [0.5, 0.6) is 0 Å². The Kier molecular flexibility index (Phi) is 4.16. The Hall–Kier alpha value is -3.48. The molecule has 6 nitrogen and oxygen atoms in total. The maximum Gasteiger partial charge on any atom is 0.271 e. The van der Waals surface area contributed by atoms with Crippen LogP contribution in [0.2, 0.25) is 0 Å². The zero-order chi connectivity index (χ0) is 19.8. The van der Waals surface area contributed by atoms with Gasteiger partial charge in [0.15, 0.2) is 0 Å². The van der Waals surface area contributed by atoms with E-state index in [0.717, 1.165) is 24.1 Å². The number of hydrogen-bond acceptors (Lipinski definition) is 3. The average molecular weight is 389 g/mol. The molecule has 3 aromatic heterocycles. The van der Waals surface area contributed by atoms with E-state index in [1.54, 1.807) is 22.7 Å². The van der Waals surface area contributed by atoms with Gasteiger partial charge in [0.25, 0.3) is 5.91 Å². The Morgan fingerprint density at radius 2 is 1.83 bits per heavy atom. The summed E-state index contributed by atoms with van der Waals surface area (Å²) in [6.45, 7) is 1.21. The van der Waals surface area contributed by atoms with Gasteiger partial charge in [-0.15, -0.1) is 0 Å². The number of halogens is 1. The number of rotatable bonds is 3. The summed E-state index contributed by atoms with van der Waals surface area (Å²) < 4.78 is 15.4. The van der Waals surface area contributed by atoms with Crippen LogP contribution in [-0.4, -0.2) is 43.5 Å². The van der Waals surface area contributed by atoms with Crippen molar-refractivity contribution in [1.29, 1.82) is 0 Å². The Balaban J connectivity index is 1.52. The first-order valence-corrected chi connectivity index (χ1v) is 9.65. The number of hydrogen-bond donors (Lipinski definition) is 1. The topological polar surface area (TPSA) is 66.3 Å². The van der Waals surface area contributed by atoms with E-state index < -0.39 is 0 Å². The molecule has 1 N–H and O–H groups in total. The molecule has 1 aliphatic heterocycles. The molecule has 1 fully saturated rings. The lowest BCUT2D eigenvalue weighted by Gasteiger charge is -2.41. The number of nitrogens with one attached hydrogen (secondary N) is 1. The molecule has 146 valence electrons. The van der Waals surface area contributed by atoms with E-state index in [-0.39, 0.29) is 17.1 Å². The monoisotopic (exact) mass is 389 g/mol. The van der Waals surface area contributed by atoms with E-state index in [4.69, 9.17) is 4.98 Å². The van der Waals surface area contributed by atoms with Crippen molar-refractivity contribution in [3.8, 4) is 0 Å². The number of aromatic nitrogens is 4. The largest absolute Gasteiger partial charge is 0.337 e. The number of fused-ring (bicyclic) bond motifs is 1. The van der Waals surface area contributed by atoms with Crippen LogP contribution in [0, 0.1) is 5.82 Å². The quantitative estimate of drug-likeness (QED) is 0.584. The summed E-state index contributed by atoms with van der Waals surface area (Å²) in [6, 6.07) is 15.1. The third kappa shape index (κ3) is 2.99. The molecule has 0 unspecified atom stereocenters. The standard InChI is InChI=1S/C22H20FN5O/c23-17-6-7-20-25-19(15-28(20)14-17)22(16-4-2-1-3-5-16)9-12-27(13-10-22)21(29)18-8-11-24-26-18/h1-8,11,14-15H,9-10,12-13H2,(H,24,26). The molecule has 1 amide bonds. The molecular formula is C22H20FN5O. The second-order valence-corrected chi connectivity index (χ2v) is 7.45. The second kappa shape index (κ2) is 6.84. The van der Waals surface area contributed by atoms with Gasteiger partial charge in [-0.2, -0.15) is 5.10 Å². The van der Waals surface area contributed by atoms with Gasteiger partial charge in [0.2, 0.25) is 0 Å². The van der Waals surface area contributed by atoms with E-state index in [9.17, 15) is 9.18 Å². The fraction of sp³-hybridized carbons (Fsp3) is 0.227. The first kappa shape index (κ1) is 17.6. The lowest BCUT2D eigenvalue weighted by molar-refractivity contribution is 0.0678. The highest BCUT2D eigenvalue weighted by atomic mass is 19.1. The molecule has 0 saturated carbocycles. The van der Waals surface area contributed by atoms with Crippen molar-refractivity contribution in [2.24, 2.45) is 0 Å². The number of benzene rings is 1. The number of piperidine rings is 1. The third-order valence-electron chi connectivity index (χ3n) is 5.87. The molecule has 5 rings (SSSR count). The van der Waals surface area contributed by atoms with Crippen LogP contribution in [0.4, 0.5) is 4.39 Å². The zero-order valence-electron chi connectivity index (χ0n) is 15.8. The van der Waals surface area contributed by atoms with Gasteiger partial charge in [-0.1, -0.05) is 30.3 Å². The summed E-state index contributed by atoms with van der Waals surface area (Å²) in [5.41, 5.74) is 2.96. The van der Waals surface area contributed by atoms with E-state index in [2.05, 4.69) is 22.3 Å². The minimum Gasteiger partial charge on any atom is -0.337 e. The number of carbonyl (C=O) groups is 1. The van der Waals surface area contributed by atoms with Crippen molar-refractivity contribution >= 4 is 11.6 Å². The van der Waals surface area contributed by atoms with E-state index in [1.807, 2.05) is 29.3 Å². The molecule has 4 heterocycles. The smallest absolute Gasteiger partial charge is 0.271 e. The minimum absolute atomic E-state index is 0.0405. The molecule has 1 aromatic carbocycles. The van der Waals surface area contributed by atoms with Gasteiger partial charge in [-0.05, 0) is 36.6 Å². The van der Waals surface area contributed by atoms with Gasteiger partial charge < -0.3 is 9.30 Å². The molecule has 0 bridgehead atoms. The molecule has 0 atom stereocenters. The van der Waals surface area contributed by atoms with E-state index >= 15 is 0 Å². The summed E-state index contributed by atoms with van der Waals surface area (Å²) in [6.07, 6.45) is 6.42. The number of nitrogens with zero attached hydrogens (tertiary/aromatic N) is 4. The van der Waals surface area contributed by atoms with Gasteiger partial charge in [0, 0.05) is 37.1 Å². The van der Waals surface area contributed by atoms with Crippen molar-refractivity contribution in [3.63, 3.8) is 0 Å². The molecule has 0 radical (unpaired) electrons. The summed E-state index contributed by atoms with van der Waals surface area (Å²) in [5, 5.41) is 6.63. The summed E-state index contributed by atoms with van der Waals surface area (Å²) in [5.74, 6) is -0.337. The van der Waals surface area contributed by atoms with Crippen LogP contribution < -0.4 is 0 Å². The molecule has 1 aliphatic rings. The number of likely N-dealkylation sites (tertiary alicyclic amines) is 1. The molecule has 29 heavy (non-hydrogen) atoms. The number of imidazole rings is 1. The van der Waals surface area contributed by atoms with Crippen LogP contribution in [0.3, 0.4) is 0 Å². The predicted molar refractivity (Wildman–Crippen MR) is 106 cm³/mol. The second-order valence-electron chi connectivity index (χ2n) is 7.45. The Bertz CT molecular complexity index is 1140. The molecular weight excluding hydrogens is 369 g/mol. The van der Waals surface area contributed by atoms with Gasteiger partial charge in [0.05, 0.1) is 5.69 Å². The highest BCUT2D eigenvalue weighted by Crippen LogP contribution is 2.41. The van der Waals surface area contributed by atoms with Crippen LogP contribution in [0.15, 0.2) is 67.1 Å². The first-order valence-electron chi connectivity index (χ1n) is 9.65. The predicted octanol–water partition coefficient (Wildman–Crippen LogP) is 3.42. The molecule has 4 aromatic rings.